The summed E-state index contributed by atoms with van der Waals surface area (Å²) >= 11 is 2.03. The van der Waals surface area contributed by atoms with Gasteiger partial charge in [-0.3, -0.25) is 4.79 Å². The van der Waals surface area contributed by atoms with E-state index in [-0.39, 0.29) is 5.56 Å². The summed E-state index contributed by atoms with van der Waals surface area (Å²) in [6.45, 7) is 1.09. The van der Waals surface area contributed by atoms with Crippen LogP contribution in [0.1, 0.15) is 55.8 Å². The van der Waals surface area contributed by atoms with Crippen molar-refractivity contribution in [2.24, 2.45) is 0 Å². The Morgan fingerprint density at radius 2 is 2.15 bits per heavy atom. The first-order chi connectivity index (χ1) is 9.72. The van der Waals surface area contributed by atoms with Gasteiger partial charge >= 0.3 is 0 Å². The smallest absolute Gasteiger partial charge is 0.248 e. The molecule has 20 heavy (non-hydrogen) atoms. The molecule has 0 bridgehead atoms. The van der Waals surface area contributed by atoms with Crippen LogP contribution in [-0.4, -0.2) is 22.5 Å². The summed E-state index contributed by atoms with van der Waals surface area (Å²) in [6, 6.07) is 4.10. The first-order valence-electron chi connectivity index (χ1n) is 7.73. The van der Waals surface area contributed by atoms with Crippen LogP contribution in [0.15, 0.2) is 16.9 Å². The van der Waals surface area contributed by atoms with Crippen molar-refractivity contribution in [2.75, 3.05) is 12.8 Å². The summed E-state index contributed by atoms with van der Waals surface area (Å²) in [5.41, 5.74) is 2.48. The summed E-state index contributed by atoms with van der Waals surface area (Å²) in [5.74, 6) is 0. The minimum absolute atomic E-state index is 0.0285. The number of thioether (sulfide) groups is 1. The second kappa shape index (κ2) is 5.94. The fourth-order valence-corrected chi connectivity index (χ4v) is 4.62. The van der Waals surface area contributed by atoms with Crippen LogP contribution in [0.25, 0.3) is 0 Å². The van der Waals surface area contributed by atoms with Gasteiger partial charge in [0.1, 0.15) is 0 Å². The molecule has 4 heteroatoms. The third-order valence-electron chi connectivity index (χ3n) is 4.95. The predicted octanol–water partition coefficient (Wildman–Crippen LogP) is 3.02. The molecule has 1 unspecified atom stereocenters. The highest BCUT2D eigenvalue weighted by molar-refractivity contribution is 8.00. The first-order valence-corrected chi connectivity index (χ1v) is 8.96. The number of nitrogens with one attached hydrogen (secondary N) is 2. The molecule has 0 amide bonds. The van der Waals surface area contributed by atoms with Crippen LogP contribution in [0, 0.1) is 0 Å². The predicted molar refractivity (Wildman–Crippen MR) is 85.5 cm³/mol. The van der Waals surface area contributed by atoms with Crippen LogP contribution >= 0.6 is 11.8 Å². The van der Waals surface area contributed by atoms with Gasteiger partial charge in [0, 0.05) is 29.1 Å². The SMILES string of the molecule is CSC1(CNC2CCCc3[nH]c(=O)ccc32)CCCC1. The summed E-state index contributed by atoms with van der Waals surface area (Å²) in [5, 5.41) is 3.79. The zero-order valence-electron chi connectivity index (χ0n) is 12.2. The van der Waals surface area contributed by atoms with Gasteiger partial charge in [0.25, 0.3) is 0 Å². The van der Waals surface area contributed by atoms with Gasteiger partial charge in [0.2, 0.25) is 5.56 Å². The zero-order chi connectivity index (χ0) is 14.0. The number of hydrogen-bond donors (Lipinski definition) is 2. The Morgan fingerprint density at radius 3 is 2.90 bits per heavy atom. The molecule has 0 radical (unpaired) electrons. The number of aromatic nitrogens is 1. The number of aryl methyl sites for hydroxylation is 1. The van der Waals surface area contributed by atoms with E-state index < -0.39 is 0 Å². The molecule has 110 valence electrons. The van der Waals surface area contributed by atoms with Crippen LogP contribution in [0.2, 0.25) is 0 Å². The minimum Gasteiger partial charge on any atom is -0.326 e. The van der Waals surface area contributed by atoms with Gasteiger partial charge in [-0.15, -0.1) is 0 Å². The van der Waals surface area contributed by atoms with Crippen LogP contribution in [0.5, 0.6) is 0 Å². The molecule has 1 heterocycles. The Kier molecular flexibility index (Phi) is 4.22. The third-order valence-corrected chi connectivity index (χ3v) is 6.37. The van der Waals surface area contributed by atoms with Crippen molar-refractivity contribution in [3.8, 4) is 0 Å². The van der Waals surface area contributed by atoms with Gasteiger partial charge in [0.15, 0.2) is 0 Å². The van der Waals surface area contributed by atoms with E-state index >= 15 is 0 Å². The summed E-state index contributed by atoms with van der Waals surface area (Å²) in [7, 11) is 0. The molecule has 1 atom stereocenters. The molecule has 1 aromatic heterocycles. The molecule has 0 aromatic carbocycles. The standard InChI is InChI=1S/C16H24N2OS/c1-20-16(9-2-3-10-16)11-17-13-5-4-6-14-12(13)7-8-15(19)18-14/h7-8,13,17H,2-6,9-11H2,1H3,(H,18,19). The molecule has 2 aliphatic rings. The van der Waals surface area contributed by atoms with E-state index in [0.717, 1.165) is 25.1 Å². The van der Waals surface area contributed by atoms with E-state index in [0.29, 0.717) is 10.8 Å². The van der Waals surface area contributed by atoms with Crippen molar-refractivity contribution in [3.05, 3.63) is 33.7 Å². The summed E-state index contributed by atoms with van der Waals surface area (Å²) in [6.07, 6.45) is 11.0. The van der Waals surface area contributed by atoms with Crippen LogP contribution in [0.3, 0.4) is 0 Å². The van der Waals surface area contributed by atoms with E-state index in [1.54, 1.807) is 6.07 Å². The number of aromatic amines is 1. The Labute approximate surface area is 124 Å². The Hall–Kier alpha value is -0.740. The average Bonchev–Trinajstić information content (AvgIpc) is 2.94. The number of rotatable bonds is 4. The van der Waals surface area contributed by atoms with Gasteiger partial charge < -0.3 is 10.3 Å². The van der Waals surface area contributed by atoms with E-state index in [9.17, 15) is 4.79 Å². The van der Waals surface area contributed by atoms with Gasteiger partial charge in [-0.05, 0) is 43.9 Å². The number of pyridine rings is 1. The lowest BCUT2D eigenvalue weighted by Crippen LogP contribution is -2.38. The Morgan fingerprint density at radius 1 is 1.35 bits per heavy atom. The van der Waals surface area contributed by atoms with Gasteiger partial charge in [0.05, 0.1) is 0 Å². The molecule has 1 fully saturated rings. The normalized spacial score (nSPS) is 24.6. The third kappa shape index (κ3) is 2.82. The maximum absolute atomic E-state index is 11.4. The highest BCUT2D eigenvalue weighted by Crippen LogP contribution is 2.40. The topological polar surface area (TPSA) is 44.9 Å². The molecule has 2 aliphatic carbocycles. The molecule has 0 spiro atoms. The molecule has 0 aliphatic heterocycles. The lowest BCUT2D eigenvalue weighted by atomic mass is 9.91. The van der Waals surface area contributed by atoms with Gasteiger partial charge in [-0.25, -0.2) is 0 Å². The summed E-state index contributed by atoms with van der Waals surface area (Å²) < 4.78 is 0.444. The van der Waals surface area contributed by atoms with Gasteiger partial charge in [-0.1, -0.05) is 18.9 Å². The molecule has 2 N–H and O–H groups in total. The molecule has 1 aromatic rings. The second-order valence-corrected chi connectivity index (χ2v) is 7.45. The van der Waals surface area contributed by atoms with Crippen molar-refractivity contribution in [1.82, 2.24) is 10.3 Å². The molecule has 3 nitrogen and oxygen atoms in total. The van der Waals surface area contributed by atoms with Crippen LogP contribution in [-0.2, 0) is 6.42 Å². The first kappa shape index (κ1) is 14.2. The largest absolute Gasteiger partial charge is 0.326 e. The van der Waals surface area contributed by atoms with Crippen molar-refractivity contribution in [1.29, 1.82) is 0 Å². The van der Waals surface area contributed by atoms with Crippen molar-refractivity contribution >= 4 is 11.8 Å². The number of hydrogen-bond acceptors (Lipinski definition) is 3. The number of fused-ring (bicyclic) bond motifs is 1. The maximum Gasteiger partial charge on any atom is 0.248 e. The summed E-state index contributed by atoms with van der Waals surface area (Å²) in [4.78, 5) is 14.4. The van der Waals surface area contributed by atoms with Crippen molar-refractivity contribution in [3.63, 3.8) is 0 Å². The van der Waals surface area contributed by atoms with Gasteiger partial charge in [-0.2, -0.15) is 11.8 Å². The van der Waals surface area contributed by atoms with E-state index in [4.69, 9.17) is 0 Å². The Balaban J connectivity index is 1.71. The fraction of sp³-hybridized carbons (Fsp3) is 0.688. The highest BCUT2D eigenvalue weighted by atomic mass is 32.2. The Bertz CT molecular complexity index is 519. The highest BCUT2D eigenvalue weighted by Gasteiger charge is 2.33. The molecule has 1 saturated carbocycles. The van der Waals surface area contributed by atoms with Crippen LogP contribution in [0.4, 0.5) is 0 Å². The van der Waals surface area contributed by atoms with Crippen molar-refractivity contribution < 1.29 is 0 Å². The monoisotopic (exact) mass is 292 g/mol. The van der Waals surface area contributed by atoms with Crippen LogP contribution < -0.4 is 10.9 Å². The molecule has 3 rings (SSSR count). The average molecular weight is 292 g/mol. The molecular weight excluding hydrogens is 268 g/mol. The minimum atomic E-state index is 0.0285. The van der Waals surface area contributed by atoms with E-state index in [1.165, 1.54) is 37.7 Å². The lowest BCUT2D eigenvalue weighted by Gasteiger charge is -2.32. The number of H-pyrrole nitrogens is 1. The quantitative estimate of drug-likeness (QED) is 0.896. The maximum atomic E-state index is 11.4. The van der Waals surface area contributed by atoms with Crippen molar-refractivity contribution in [2.45, 2.75) is 55.7 Å². The zero-order valence-corrected chi connectivity index (χ0v) is 13.0. The fourth-order valence-electron chi connectivity index (χ4n) is 3.69. The van der Waals surface area contributed by atoms with E-state index in [1.807, 2.05) is 17.8 Å². The second-order valence-electron chi connectivity index (χ2n) is 6.18. The molecule has 0 saturated heterocycles. The lowest BCUT2D eigenvalue weighted by molar-refractivity contribution is 0.420. The van der Waals surface area contributed by atoms with E-state index in [2.05, 4.69) is 16.6 Å². The molecular formula is C16H24N2OS.